The minimum Gasteiger partial charge on any atom is -0.272 e. The van der Waals surface area contributed by atoms with Crippen molar-refractivity contribution in [1.29, 1.82) is 0 Å². The lowest BCUT2D eigenvalue weighted by atomic mass is 10.1. The van der Waals surface area contributed by atoms with Crippen LogP contribution < -0.4 is 0 Å². The van der Waals surface area contributed by atoms with E-state index >= 15 is 0 Å². The zero-order valence-corrected chi connectivity index (χ0v) is 10.7. The molecular weight excluding hydrogens is 284 g/mol. The van der Waals surface area contributed by atoms with Crippen molar-refractivity contribution in [3.05, 3.63) is 44.0 Å². The van der Waals surface area contributed by atoms with Gasteiger partial charge in [-0.2, -0.15) is 10.1 Å². The highest BCUT2D eigenvalue weighted by Gasteiger charge is 2.30. The summed E-state index contributed by atoms with van der Waals surface area (Å²) in [5.41, 5.74) is -1.16. The predicted molar refractivity (Wildman–Crippen MR) is 68.7 cm³/mol. The van der Waals surface area contributed by atoms with Gasteiger partial charge >= 0.3 is 0 Å². The molecule has 1 aromatic rings. The number of carbonyl (C=O) groups excluding carboxylic acids is 2. The number of amides is 2. The van der Waals surface area contributed by atoms with Crippen molar-refractivity contribution in [1.82, 2.24) is 5.01 Å². The van der Waals surface area contributed by atoms with Gasteiger partial charge in [-0.1, -0.05) is 0 Å². The minimum absolute atomic E-state index is 0.0389. The highest BCUT2D eigenvalue weighted by molar-refractivity contribution is 6.14. The minimum atomic E-state index is -0.941. The van der Waals surface area contributed by atoms with Crippen molar-refractivity contribution >= 4 is 28.9 Å². The number of non-ortho nitro benzene ring substituents is 2. The number of hydrogen-bond acceptors (Lipinski definition) is 7. The molecule has 108 valence electrons. The number of rotatable bonds is 3. The van der Waals surface area contributed by atoms with Crippen molar-refractivity contribution < 1.29 is 19.4 Å². The quantitative estimate of drug-likeness (QED) is 0.467. The maximum atomic E-state index is 12.1. The number of nitrogens with zero attached hydrogens (tertiary/aromatic N) is 4. The fourth-order valence-corrected chi connectivity index (χ4v) is 1.77. The molecule has 1 aromatic carbocycles. The van der Waals surface area contributed by atoms with Crippen LogP contribution in [0.15, 0.2) is 23.3 Å². The first-order chi connectivity index (χ1) is 9.79. The molecule has 0 aliphatic carbocycles. The average Bonchev–Trinajstić information content (AvgIpc) is 2.76. The Labute approximate surface area is 117 Å². The number of hydrogen-bond donors (Lipinski definition) is 0. The molecule has 0 saturated carbocycles. The van der Waals surface area contributed by atoms with E-state index in [1.807, 2.05) is 0 Å². The van der Waals surface area contributed by atoms with Crippen LogP contribution in [0, 0.1) is 20.2 Å². The van der Waals surface area contributed by atoms with E-state index in [4.69, 9.17) is 0 Å². The number of nitro groups is 2. The molecule has 0 radical (unpaired) electrons. The monoisotopic (exact) mass is 292 g/mol. The second-order valence-electron chi connectivity index (χ2n) is 4.28. The third-order valence-electron chi connectivity index (χ3n) is 2.68. The van der Waals surface area contributed by atoms with Gasteiger partial charge in [0.05, 0.1) is 27.9 Å². The van der Waals surface area contributed by atoms with Gasteiger partial charge in [-0.3, -0.25) is 29.8 Å². The first-order valence-corrected chi connectivity index (χ1v) is 5.65. The van der Waals surface area contributed by atoms with Gasteiger partial charge in [0.1, 0.15) is 0 Å². The molecule has 0 unspecified atom stereocenters. The standard InChI is InChI=1S/C11H8N4O6/c1-6-2-10(16)13(12-6)11(17)7-3-8(14(18)19)5-9(4-7)15(20)21/h3-5H,2H2,1H3. The van der Waals surface area contributed by atoms with E-state index in [0.717, 1.165) is 18.2 Å². The van der Waals surface area contributed by atoms with Gasteiger partial charge in [0, 0.05) is 17.8 Å². The predicted octanol–water partition coefficient (Wildman–Crippen LogP) is 1.25. The largest absolute Gasteiger partial charge is 0.281 e. The summed E-state index contributed by atoms with van der Waals surface area (Å²) in [7, 11) is 0. The molecule has 1 heterocycles. The highest BCUT2D eigenvalue weighted by atomic mass is 16.6. The Bertz CT molecular complexity index is 678. The summed E-state index contributed by atoms with van der Waals surface area (Å²) in [5, 5.41) is 25.8. The zero-order valence-electron chi connectivity index (χ0n) is 10.7. The molecule has 21 heavy (non-hydrogen) atoms. The van der Waals surface area contributed by atoms with Crippen LogP contribution in [-0.2, 0) is 4.79 Å². The molecule has 0 N–H and O–H groups in total. The molecule has 0 saturated heterocycles. The molecule has 0 spiro atoms. The third-order valence-corrected chi connectivity index (χ3v) is 2.68. The summed E-state index contributed by atoms with van der Waals surface area (Å²) in [4.78, 5) is 43.5. The molecule has 0 fully saturated rings. The summed E-state index contributed by atoms with van der Waals surface area (Å²) in [6.45, 7) is 1.54. The van der Waals surface area contributed by atoms with E-state index in [0.29, 0.717) is 10.7 Å². The number of nitro benzene ring substituents is 2. The molecule has 10 heteroatoms. The topological polar surface area (TPSA) is 136 Å². The Kier molecular flexibility index (Phi) is 3.44. The van der Waals surface area contributed by atoms with Gasteiger partial charge < -0.3 is 0 Å². The maximum absolute atomic E-state index is 12.1. The Balaban J connectivity index is 2.48. The molecule has 1 aliphatic heterocycles. The van der Waals surface area contributed by atoms with Crippen molar-refractivity contribution in [2.24, 2.45) is 5.10 Å². The van der Waals surface area contributed by atoms with Crippen molar-refractivity contribution in [3.63, 3.8) is 0 Å². The van der Waals surface area contributed by atoms with Crippen LogP contribution in [0.3, 0.4) is 0 Å². The van der Waals surface area contributed by atoms with E-state index in [-0.39, 0.29) is 12.0 Å². The van der Waals surface area contributed by atoms with Crippen LogP contribution in [0.1, 0.15) is 23.7 Å². The summed E-state index contributed by atoms with van der Waals surface area (Å²) in [6, 6.07) is 2.47. The molecule has 10 nitrogen and oxygen atoms in total. The van der Waals surface area contributed by atoms with E-state index in [1.54, 1.807) is 6.92 Å². The molecule has 0 bridgehead atoms. The van der Waals surface area contributed by atoms with Crippen molar-refractivity contribution in [3.8, 4) is 0 Å². The second-order valence-corrected chi connectivity index (χ2v) is 4.28. The Morgan fingerprint density at radius 1 is 1.19 bits per heavy atom. The van der Waals surface area contributed by atoms with E-state index < -0.39 is 33.0 Å². The molecule has 0 aromatic heterocycles. The smallest absolute Gasteiger partial charge is 0.272 e. The van der Waals surface area contributed by atoms with Gasteiger partial charge in [0.15, 0.2) is 0 Å². The van der Waals surface area contributed by atoms with Crippen LogP contribution >= 0.6 is 0 Å². The molecule has 2 amide bonds. The van der Waals surface area contributed by atoms with Crippen LogP contribution in [0.25, 0.3) is 0 Å². The van der Waals surface area contributed by atoms with Crippen molar-refractivity contribution in [2.75, 3.05) is 0 Å². The molecule has 1 aliphatic rings. The summed E-state index contributed by atoms with van der Waals surface area (Å²) < 4.78 is 0. The summed E-state index contributed by atoms with van der Waals surface area (Å²) in [5.74, 6) is -1.53. The SMILES string of the molecule is CC1=NN(C(=O)c2cc([N+](=O)[O-])cc([N+](=O)[O-])c2)C(=O)C1. The number of benzene rings is 1. The van der Waals surface area contributed by atoms with Crippen LogP contribution in [0.2, 0.25) is 0 Å². The van der Waals surface area contributed by atoms with Gasteiger partial charge in [0.25, 0.3) is 23.2 Å². The fourth-order valence-electron chi connectivity index (χ4n) is 1.77. The van der Waals surface area contributed by atoms with E-state index in [1.165, 1.54) is 0 Å². The van der Waals surface area contributed by atoms with E-state index in [2.05, 4.69) is 5.10 Å². The molecular formula is C11H8N4O6. The third kappa shape index (κ3) is 2.73. The summed E-state index contributed by atoms with van der Waals surface area (Å²) >= 11 is 0. The molecule has 0 atom stereocenters. The van der Waals surface area contributed by atoms with Gasteiger partial charge in [-0.05, 0) is 6.92 Å². The first kappa shape index (κ1) is 14.2. The molecule has 2 rings (SSSR count). The Morgan fingerprint density at radius 3 is 2.10 bits per heavy atom. The normalized spacial score (nSPS) is 14.0. The fraction of sp³-hybridized carbons (Fsp3) is 0.182. The average molecular weight is 292 g/mol. The Morgan fingerprint density at radius 2 is 1.71 bits per heavy atom. The van der Waals surface area contributed by atoms with Crippen LogP contribution in [0.5, 0.6) is 0 Å². The number of hydrazone groups is 1. The van der Waals surface area contributed by atoms with Gasteiger partial charge in [-0.15, -0.1) is 0 Å². The van der Waals surface area contributed by atoms with E-state index in [9.17, 15) is 29.8 Å². The lowest BCUT2D eigenvalue weighted by Gasteiger charge is -2.09. The zero-order chi connectivity index (χ0) is 15.7. The van der Waals surface area contributed by atoms with Gasteiger partial charge in [-0.25, -0.2) is 0 Å². The Hall–Kier alpha value is -3.17. The van der Waals surface area contributed by atoms with Gasteiger partial charge in [0.2, 0.25) is 0 Å². The van der Waals surface area contributed by atoms with Crippen molar-refractivity contribution in [2.45, 2.75) is 13.3 Å². The number of carbonyl (C=O) groups is 2. The lowest BCUT2D eigenvalue weighted by Crippen LogP contribution is -2.28. The number of imide groups is 1. The highest BCUT2D eigenvalue weighted by Crippen LogP contribution is 2.24. The maximum Gasteiger partial charge on any atom is 0.281 e. The van der Waals surface area contributed by atoms with Crippen LogP contribution in [0.4, 0.5) is 11.4 Å². The summed E-state index contributed by atoms with van der Waals surface area (Å²) in [6.07, 6.45) is -0.0389. The first-order valence-electron chi connectivity index (χ1n) is 5.65. The second kappa shape index (κ2) is 5.07. The lowest BCUT2D eigenvalue weighted by molar-refractivity contribution is -0.394. The van der Waals surface area contributed by atoms with Crippen LogP contribution in [-0.4, -0.2) is 32.4 Å².